The summed E-state index contributed by atoms with van der Waals surface area (Å²) < 4.78 is 31.1. The molecule has 0 aliphatic carbocycles. The molecule has 3 rings (SSSR count). The average molecular weight is 499 g/mol. The molecule has 0 radical (unpaired) electrons. The molecule has 2 unspecified atom stereocenters. The maximum absolute atomic E-state index is 12.6. The first-order chi connectivity index (χ1) is 16.0. The Labute approximate surface area is 206 Å². The summed E-state index contributed by atoms with van der Waals surface area (Å²) in [5, 5.41) is 9.23. The van der Waals surface area contributed by atoms with Crippen molar-refractivity contribution < 1.29 is 18.3 Å². The van der Waals surface area contributed by atoms with Crippen LogP contribution in [0.2, 0.25) is 0 Å². The Morgan fingerprint density at radius 2 is 1.50 bits per heavy atom. The van der Waals surface area contributed by atoms with Crippen LogP contribution in [0.3, 0.4) is 0 Å². The largest absolute Gasteiger partial charge is 0.478 e. The average Bonchev–Trinajstić information content (AvgIpc) is 2.79. The van der Waals surface area contributed by atoms with E-state index in [1.807, 2.05) is 48.5 Å². The van der Waals surface area contributed by atoms with Crippen molar-refractivity contribution in [1.82, 2.24) is 4.72 Å². The second-order valence-electron chi connectivity index (χ2n) is 9.04. The van der Waals surface area contributed by atoms with Crippen LogP contribution in [0.15, 0.2) is 76.5 Å². The van der Waals surface area contributed by atoms with E-state index in [0.717, 1.165) is 11.3 Å². The zero-order chi connectivity index (χ0) is 24.9. The molecule has 0 heterocycles. The van der Waals surface area contributed by atoms with Gasteiger partial charge < -0.3 is 9.83 Å². The number of carbonyl (C=O) groups is 1. The smallest absolute Gasteiger partial charge is 0.335 e. The quantitative estimate of drug-likeness (QED) is 0.388. The van der Waals surface area contributed by atoms with Gasteiger partial charge in [-0.1, -0.05) is 51.1 Å². The number of aryl methyl sites for hydroxylation is 1. The number of rotatable bonds is 9. The lowest BCUT2D eigenvalue weighted by Gasteiger charge is -2.19. The molecule has 6 nitrogen and oxygen atoms in total. The molecule has 0 saturated carbocycles. The Balaban J connectivity index is 1.52. The SMILES string of the molecule is Cc1ccc(S(=O)NCCc2ccc(NS(=O)c3ccc(C(C)(C)C)cc3)cc2)cc1C(=O)O. The van der Waals surface area contributed by atoms with Gasteiger partial charge in [-0.25, -0.2) is 17.9 Å². The lowest BCUT2D eigenvalue weighted by atomic mass is 9.87. The molecule has 0 bridgehead atoms. The molecule has 8 heteroatoms. The summed E-state index contributed by atoms with van der Waals surface area (Å²) in [6.45, 7) is 8.60. The fourth-order valence-electron chi connectivity index (χ4n) is 3.30. The van der Waals surface area contributed by atoms with E-state index < -0.39 is 27.9 Å². The van der Waals surface area contributed by atoms with Crippen molar-refractivity contribution in [3.05, 3.63) is 89.0 Å². The molecule has 0 aliphatic heterocycles. The highest BCUT2D eigenvalue weighted by Gasteiger charge is 2.14. The topological polar surface area (TPSA) is 95.5 Å². The summed E-state index contributed by atoms with van der Waals surface area (Å²) in [4.78, 5) is 12.4. The van der Waals surface area contributed by atoms with Crippen LogP contribution < -0.4 is 9.44 Å². The predicted molar refractivity (Wildman–Crippen MR) is 138 cm³/mol. The molecule has 0 aromatic heterocycles. The third kappa shape index (κ3) is 6.85. The number of aromatic carboxylic acids is 1. The first-order valence-electron chi connectivity index (χ1n) is 10.9. The van der Waals surface area contributed by atoms with Crippen molar-refractivity contribution in [3.63, 3.8) is 0 Å². The van der Waals surface area contributed by atoms with Crippen molar-refractivity contribution >= 4 is 33.6 Å². The van der Waals surface area contributed by atoms with Gasteiger partial charge in [-0.3, -0.25) is 0 Å². The molecule has 0 spiro atoms. The lowest BCUT2D eigenvalue weighted by molar-refractivity contribution is 0.0696. The molecular formula is C26H30N2O4S2. The van der Waals surface area contributed by atoms with Gasteiger partial charge in [0.1, 0.15) is 22.0 Å². The normalized spacial score (nSPS) is 13.3. The molecule has 34 heavy (non-hydrogen) atoms. The fraction of sp³-hybridized carbons (Fsp3) is 0.269. The Morgan fingerprint density at radius 3 is 2.09 bits per heavy atom. The van der Waals surface area contributed by atoms with E-state index in [1.54, 1.807) is 19.1 Å². The molecule has 0 fully saturated rings. The Bertz CT molecular complexity index is 1200. The molecule has 3 N–H and O–H groups in total. The number of anilines is 1. The van der Waals surface area contributed by atoms with E-state index in [2.05, 4.69) is 30.2 Å². The number of benzene rings is 3. The Hall–Kier alpha value is -2.81. The second-order valence-corrected chi connectivity index (χ2v) is 11.5. The summed E-state index contributed by atoms with van der Waals surface area (Å²) in [6, 6.07) is 20.2. The maximum Gasteiger partial charge on any atom is 0.335 e. The Morgan fingerprint density at radius 1 is 0.882 bits per heavy atom. The number of carboxylic acid groups (broad SMARTS) is 1. The van der Waals surface area contributed by atoms with Crippen molar-refractivity contribution in [1.29, 1.82) is 0 Å². The first-order valence-corrected chi connectivity index (χ1v) is 13.2. The molecule has 180 valence electrons. The lowest BCUT2D eigenvalue weighted by Crippen LogP contribution is -2.20. The highest BCUT2D eigenvalue weighted by molar-refractivity contribution is 7.86. The third-order valence-electron chi connectivity index (χ3n) is 5.40. The summed E-state index contributed by atoms with van der Waals surface area (Å²) in [7, 11) is -2.86. The summed E-state index contributed by atoms with van der Waals surface area (Å²) >= 11 is 0. The van der Waals surface area contributed by atoms with Gasteiger partial charge in [0.2, 0.25) is 0 Å². The third-order valence-corrected chi connectivity index (χ3v) is 7.67. The highest BCUT2D eigenvalue weighted by Crippen LogP contribution is 2.23. The fourth-order valence-corrected chi connectivity index (χ4v) is 5.02. The minimum atomic E-state index is -1.50. The van der Waals surface area contributed by atoms with Crippen LogP contribution in [0.25, 0.3) is 0 Å². The van der Waals surface area contributed by atoms with E-state index in [0.29, 0.717) is 28.3 Å². The highest BCUT2D eigenvalue weighted by atomic mass is 32.2. The van der Waals surface area contributed by atoms with E-state index in [1.165, 1.54) is 11.6 Å². The monoisotopic (exact) mass is 498 g/mol. The number of hydrogen-bond donors (Lipinski definition) is 3. The zero-order valence-electron chi connectivity index (χ0n) is 19.8. The number of hydrogen-bond acceptors (Lipinski definition) is 3. The van der Waals surface area contributed by atoms with Crippen LogP contribution in [-0.2, 0) is 33.8 Å². The molecule has 0 aliphatic rings. The summed E-state index contributed by atoms with van der Waals surface area (Å²) in [5.74, 6) is -1.03. The standard InChI is InChI=1S/C26H30N2O4S2/c1-18-5-12-23(17-24(18)25(29)30)33(31)27-16-15-19-6-10-21(11-7-19)28-34(32)22-13-8-20(9-14-22)26(2,3)4/h5-14,17,27-28H,15-16H2,1-4H3,(H,29,30). The van der Waals surface area contributed by atoms with E-state index in [9.17, 15) is 18.3 Å². The van der Waals surface area contributed by atoms with E-state index in [-0.39, 0.29) is 11.0 Å². The van der Waals surface area contributed by atoms with Gasteiger partial charge in [0.25, 0.3) is 0 Å². The van der Waals surface area contributed by atoms with Crippen LogP contribution in [0.1, 0.15) is 47.8 Å². The zero-order valence-corrected chi connectivity index (χ0v) is 21.4. The van der Waals surface area contributed by atoms with Gasteiger partial charge in [0.05, 0.1) is 15.4 Å². The summed E-state index contributed by atoms with van der Waals surface area (Å²) in [5.41, 5.74) is 3.80. The molecular weight excluding hydrogens is 468 g/mol. The minimum Gasteiger partial charge on any atom is -0.478 e. The van der Waals surface area contributed by atoms with Gasteiger partial charge in [-0.15, -0.1) is 0 Å². The van der Waals surface area contributed by atoms with Gasteiger partial charge in [0.15, 0.2) is 0 Å². The van der Waals surface area contributed by atoms with Gasteiger partial charge in [-0.05, 0) is 71.8 Å². The molecule has 0 saturated heterocycles. The van der Waals surface area contributed by atoms with Crippen LogP contribution in [-0.4, -0.2) is 26.0 Å². The van der Waals surface area contributed by atoms with E-state index >= 15 is 0 Å². The summed E-state index contributed by atoms with van der Waals surface area (Å²) in [6.07, 6.45) is 0.640. The van der Waals surface area contributed by atoms with Crippen molar-refractivity contribution in [2.24, 2.45) is 0 Å². The number of nitrogens with one attached hydrogen (secondary N) is 2. The van der Waals surface area contributed by atoms with Gasteiger partial charge >= 0.3 is 5.97 Å². The number of carboxylic acids is 1. The molecule has 3 aromatic carbocycles. The van der Waals surface area contributed by atoms with Crippen LogP contribution in [0.4, 0.5) is 5.69 Å². The van der Waals surface area contributed by atoms with Gasteiger partial charge in [-0.2, -0.15) is 0 Å². The van der Waals surface area contributed by atoms with Crippen LogP contribution in [0, 0.1) is 6.92 Å². The van der Waals surface area contributed by atoms with Gasteiger partial charge in [0, 0.05) is 12.2 Å². The van der Waals surface area contributed by atoms with Crippen molar-refractivity contribution in [2.45, 2.75) is 49.3 Å². The second kappa shape index (κ2) is 11.1. The van der Waals surface area contributed by atoms with Crippen molar-refractivity contribution in [2.75, 3.05) is 11.3 Å². The maximum atomic E-state index is 12.6. The van der Waals surface area contributed by atoms with Crippen LogP contribution >= 0.6 is 0 Å². The minimum absolute atomic E-state index is 0.0479. The van der Waals surface area contributed by atoms with E-state index in [4.69, 9.17) is 0 Å². The molecule has 0 amide bonds. The first kappa shape index (κ1) is 25.8. The predicted octanol–water partition coefficient (Wildman–Crippen LogP) is 4.98. The van der Waals surface area contributed by atoms with Crippen molar-refractivity contribution in [3.8, 4) is 0 Å². The molecule has 3 aromatic rings. The Kier molecular flexibility index (Phi) is 8.41. The molecule has 2 atom stereocenters. The van der Waals surface area contributed by atoms with Crippen LogP contribution in [0.5, 0.6) is 0 Å².